The third-order valence-electron chi connectivity index (χ3n) is 13.0. The fraction of sp³-hybridized carbons (Fsp3) is 0.964. The van der Waals surface area contributed by atoms with E-state index in [2.05, 4.69) is 13.8 Å². The van der Waals surface area contributed by atoms with Crippen LogP contribution in [0.3, 0.4) is 0 Å². The van der Waals surface area contributed by atoms with E-state index in [1.54, 1.807) is 0 Å². The molecule has 0 amide bonds. The molecular weight excluding hydrogens is 852 g/mol. The molecule has 0 bridgehead atoms. The molecule has 0 rings (SSSR count). The lowest BCUT2D eigenvalue weighted by Crippen LogP contribution is -2.29. The summed E-state index contributed by atoms with van der Waals surface area (Å²) in [4.78, 5) is 35.3. The summed E-state index contributed by atoms with van der Waals surface area (Å²) in [6.45, 7) is 2.47. The summed E-state index contributed by atoms with van der Waals surface area (Å²) >= 11 is 0. The Kier molecular flexibility index (Phi) is 51.0. The van der Waals surface area contributed by atoms with Crippen molar-refractivity contribution in [1.82, 2.24) is 0 Å². The summed E-state index contributed by atoms with van der Waals surface area (Å²) in [6, 6.07) is 0. The highest BCUT2D eigenvalue weighted by Gasteiger charge is 2.27. The smallest absolute Gasteiger partial charge is 0.462 e. The normalized spacial score (nSPS) is 13.5. The van der Waals surface area contributed by atoms with E-state index in [9.17, 15) is 24.2 Å². The van der Waals surface area contributed by atoms with Crippen molar-refractivity contribution in [2.24, 2.45) is 0 Å². The maximum atomic E-state index is 12.7. The Morgan fingerprint density at radius 1 is 0.394 bits per heavy atom. The van der Waals surface area contributed by atoms with Gasteiger partial charge in [0.15, 0.2) is 6.10 Å². The molecule has 0 saturated carbocycles. The van der Waals surface area contributed by atoms with E-state index in [0.29, 0.717) is 12.8 Å². The highest BCUT2D eigenvalue weighted by Crippen LogP contribution is 2.43. The predicted octanol–water partition coefficient (Wildman–Crippen LogP) is 16.5. The predicted molar refractivity (Wildman–Crippen MR) is 275 cm³/mol. The molecule has 0 heterocycles. The van der Waals surface area contributed by atoms with Crippen LogP contribution in [0.25, 0.3) is 0 Å². The van der Waals surface area contributed by atoms with E-state index in [1.165, 1.54) is 231 Å². The molecule has 0 saturated heterocycles. The van der Waals surface area contributed by atoms with Crippen LogP contribution in [0.15, 0.2) is 0 Å². The van der Waals surface area contributed by atoms with Crippen LogP contribution in [0, 0.1) is 0 Å². The van der Waals surface area contributed by atoms with Gasteiger partial charge in [-0.1, -0.05) is 277 Å². The van der Waals surface area contributed by atoms with Crippen molar-refractivity contribution >= 4 is 19.8 Å². The second-order valence-electron chi connectivity index (χ2n) is 19.7. The van der Waals surface area contributed by atoms with Crippen LogP contribution in [0.5, 0.6) is 0 Å². The number of hydrogen-bond donors (Lipinski definition) is 3. The molecule has 0 aliphatic heterocycles. The number of ether oxygens (including phenoxy) is 2. The molecule has 66 heavy (non-hydrogen) atoms. The first-order valence-electron chi connectivity index (χ1n) is 28.5. The van der Waals surface area contributed by atoms with Crippen molar-refractivity contribution in [1.29, 1.82) is 0 Å². The van der Waals surface area contributed by atoms with E-state index in [-0.39, 0.29) is 19.4 Å². The van der Waals surface area contributed by atoms with Crippen LogP contribution in [-0.2, 0) is 32.7 Å². The van der Waals surface area contributed by atoms with Crippen molar-refractivity contribution in [3.05, 3.63) is 0 Å². The number of carbonyl (C=O) groups is 2. The van der Waals surface area contributed by atoms with E-state index >= 15 is 0 Å². The van der Waals surface area contributed by atoms with Gasteiger partial charge >= 0.3 is 19.8 Å². The van der Waals surface area contributed by atoms with Crippen molar-refractivity contribution in [3.63, 3.8) is 0 Å². The number of phosphoric acid groups is 1. The lowest BCUT2D eigenvalue weighted by atomic mass is 10.0. The largest absolute Gasteiger partial charge is 0.472 e. The van der Waals surface area contributed by atoms with Crippen LogP contribution in [0.1, 0.15) is 303 Å². The molecule has 11 heteroatoms. The zero-order valence-electron chi connectivity index (χ0n) is 43.4. The summed E-state index contributed by atoms with van der Waals surface area (Å²) in [5.74, 6) is -0.899. The van der Waals surface area contributed by atoms with Gasteiger partial charge in [-0.15, -0.1) is 0 Å². The SMILES string of the molecule is CCCCCCCCCCCCCCCCCCCCCCCCCC(=O)OC[C@H](COP(=O)(O)OC[C@@H](O)CO)OC(=O)CCCCCCCCCCCCCCCCCCCCCC. The summed E-state index contributed by atoms with van der Waals surface area (Å²) in [5.41, 5.74) is 0. The molecule has 0 aromatic heterocycles. The molecule has 0 radical (unpaired) electrons. The van der Waals surface area contributed by atoms with Crippen LogP contribution in [0.4, 0.5) is 0 Å². The van der Waals surface area contributed by atoms with Gasteiger partial charge in [0.25, 0.3) is 0 Å². The molecule has 0 aromatic carbocycles. The van der Waals surface area contributed by atoms with E-state index in [4.69, 9.17) is 23.6 Å². The van der Waals surface area contributed by atoms with Crippen molar-refractivity contribution in [2.45, 2.75) is 315 Å². The number of aliphatic hydroxyl groups is 2. The molecule has 1 unspecified atom stereocenters. The minimum atomic E-state index is -4.62. The Labute approximate surface area is 407 Å². The monoisotopic (exact) mass is 961 g/mol. The van der Waals surface area contributed by atoms with Gasteiger partial charge in [-0.25, -0.2) is 4.57 Å². The Morgan fingerprint density at radius 2 is 0.652 bits per heavy atom. The van der Waals surface area contributed by atoms with Crippen LogP contribution in [0.2, 0.25) is 0 Å². The molecule has 0 aromatic rings. The second kappa shape index (κ2) is 51.8. The third-order valence-corrected chi connectivity index (χ3v) is 14.0. The fourth-order valence-corrected chi connectivity index (χ4v) is 9.44. The molecule has 394 valence electrons. The average Bonchev–Trinajstić information content (AvgIpc) is 3.31. The number of unbranched alkanes of at least 4 members (excludes halogenated alkanes) is 41. The second-order valence-corrected chi connectivity index (χ2v) is 21.1. The minimum absolute atomic E-state index is 0.193. The molecule has 3 atom stereocenters. The maximum absolute atomic E-state index is 12.7. The van der Waals surface area contributed by atoms with Gasteiger partial charge in [0.2, 0.25) is 0 Å². The van der Waals surface area contributed by atoms with Crippen molar-refractivity contribution in [3.8, 4) is 0 Å². The minimum Gasteiger partial charge on any atom is -0.462 e. The molecule has 0 fully saturated rings. The van der Waals surface area contributed by atoms with Crippen LogP contribution < -0.4 is 0 Å². The highest BCUT2D eigenvalue weighted by atomic mass is 31.2. The third kappa shape index (κ3) is 50.8. The number of esters is 2. The lowest BCUT2D eigenvalue weighted by Gasteiger charge is -2.20. The van der Waals surface area contributed by atoms with Crippen molar-refractivity contribution < 1.29 is 47.8 Å². The summed E-state index contributed by atoms with van der Waals surface area (Å²) in [6.07, 6.45) is 53.7. The topological polar surface area (TPSA) is 149 Å². The van der Waals surface area contributed by atoms with Crippen LogP contribution >= 0.6 is 7.82 Å². The Balaban J connectivity index is 4.05. The molecule has 0 aliphatic rings. The summed E-state index contributed by atoms with van der Waals surface area (Å²) < 4.78 is 33.0. The number of hydrogen-bond acceptors (Lipinski definition) is 9. The molecule has 0 aliphatic carbocycles. The number of aliphatic hydroxyl groups excluding tert-OH is 2. The van der Waals surface area contributed by atoms with Gasteiger partial charge in [-0.3, -0.25) is 18.6 Å². The quantitative estimate of drug-likeness (QED) is 0.0305. The van der Waals surface area contributed by atoms with E-state index in [1.807, 2.05) is 0 Å². The van der Waals surface area contributed by atoms with E-state index < -0.39 is 51.8 Å². The molecule has 3 N–H and O–H groups in total. The van der Waals surface area contributed by atoms with Gasteiger partial charge in [-0.2, -0.15) is 0 Å². The Bertz CT molecular complexity index is 1060. The first-order chi connectivity index (χ1) is 32.2. The first-order valence-corrected chi connectivity index (χ1v) is 30.0. The standard InChI is InChI=1S/C55H109O10P/c1-3-5-7-9-11-13-15-17-19-21-23-25-26-27-29-30-32-34-36-38-40-42-44-46-54(58)62-50-53(51-64-66(60,61)63-49-52(57)48-56)65-55(59)47-45-43-41-39-37-35-33-31-28-24-22-20-18-16-14-12-10-8-6-4-2/h52-53,56-57H,3-51H2,1-2H3,(H,60,61)/t52-,53+/m0/s1. The average molecular weight is 961 g/mol. The number of rotatable bonds is 55. The number of carbonyl (C=O) groups excluding carboxylic acids is 2. The summed E-state index contributed by atoms with van der Waals surface area (Å²) in [5, 5.41) is 18.4. The zero-order valence-corrected chi connectivity index (χ0v) is 44.3. The van der Waals surface area contributed by atoms with Gasteiger partial charge in [0.05, 0.1) is 19.8 Å². The first kappa shape index (κ1) is 65.0. The fourth-order valence-electron chi connectivity index (χ4n) is 8.65. The van der Waals surface area contributed by atoms with Crippen LogP contribution in [-0.4, -0.2) is 65.7 Å². The van der Waals surface area contributed by atoms with Crippen molar-refractivity contribution in [2.75, 3.05) is 26.4 Å². The van der Waals surface area contributed by atoms with Gasteiger partial charge in [-0.05, 0) is 12.8 Å². The van der Waals surface area contributed by atoms with Gasteiger partial charge in [0.1, 0.15) is 12.7 Å². The maximum Gasteiger partial charge on any atom is 0.472 e. The Morgan fingerprint density at radius 3 is 0.939 bits per heavy atom. The summed E-state index contributed by atoms with van der Waals surface area (Å²) in [7, 11) is -4.62. The Hall–Kier alpha value is -1.03. The highest BCUT2D eigenvalue weighted by molar-refractivity contribution is 7.47. The number of phosphoric ester groups is 1. The lowest BCUT2D eigenvalue weighted by molar-refractivity contribution is -0.161. The van der Waals surface area contributed by atoms with Gasteiger partial charge < -0.3 is 24.6 Å². The zero-order chi connectivity index (χ0) is 48.3. The molecular formula is C55H109O10P. The molecule has 0 spiro atoms. The van der Waals surface area contributed by atoms with E-state index in [0.717, 1.165) is 32.1 Å². The molecule has 10 nitrogen and oxygen atoms in total. The van der Waals surface area contributed by atoms with Gasteiger partial charge in [0, 0.05) is 12.8 Å².